The Labute approximate surface area is 193 Å². The number of hydrogen-bond acceptors (Lipinski definition) is 4. The second-order valence-electron chi connectivity index (χ2n) is 10.2. The van der Waals surface area contributed by atoms with E-state index in [4.69, 9.17) is 0 Å². The second-order valence-corrected chi connectivity index (χ2v) is 10.2. The molecule has 2 atom stereocenters. The van der Waals surface area contributed by atoms with Gasteiger partial charge in [0.1, 0.15) is 0 Å². The zero-order valence-corrected chi connectivity index (χ0v) is 20.1. The molecule has 6 nitrogen and oxygen atoms in total. The molecule has 1 aromatic rings. The fourth-order valence-electron chi connectivity index (χ4n) is 6.33. The van der Waals surface area contributed by atoms with Crippen LogP contribution in [0.2, 0.25) is 0 Å². The van der Waals surface area contributed by atoms with Crippen LogP contribution in [0.3, 0.4) is 0 Å². The van der Waals surface area contributed by atoms with E-state index in [1.165, 1.54) is 71.1 Å². The summed E-state index contributed by atoms with van der Waals surface area (Å²) in [7, 11) is 1.73. The van der Waals surface area contributed by atoms with E-state index in [1.807, 2.05) is 13.0 Å². The summed E-state index contributed by atoms with van der Waals surface area (Å²) in [6.07, 6.45) is 11.3. The Morgan fingerprint density at radius 1 is 1.00 bits per heavy atom. The third-order valence-corrected chi connectivity index (χ3v) is 8.50. The first-order chi connectivity index (χ1) is 15.6. The number of H-pyrrole nitrogens is 1. The molecule has 2 unspecified atom stereocenters. The van der Waals surface area contributed by atoms with Crippen molar-refractivity contribution in [3.8, 4) is 0 Å². The van der Waals surface area contributed by atoms with Gasteiger partial charge >= 0.3 is 0 Å². The van der Waals surface area contributed by atoms with Gasteiger partial charge in [0.15, 0.2) is 0 Å². The molecule has 0 bridgehead atoms. The van der Waals surface area contributed by atoms with Gasteiger partial charge in [-0.3, -0.25) is 19.4 Å². The predicted molar refractivity (Wildman–Crippen MR) is 129 cm³/mol. The van der Waals surface area contributed by atoms with Crippen molar-refractivity contribution in [3.63, 3.8) is 0 Å². The first-order valence-electron chi connectivity index (χ1n) is 13.0. The average Bonchev–Trinajstić information content (AvgIpc) is 3.33. The third kappa shape index (κ3) is 5.63. The largest absolute Gasteiger partial charge is 0.359 e. The highest BCUT2D eigenvalue weighted by molar-refractivity contribution is 5.75. The van der Waals surface area contributed by atoms with Crippen molar-refractivity contribution in [2.75, 3.05) is 33.2 Å². The minimum atomic E-state index is 0.102. The molecule has 3 aliphatic rings. The van der Waals surface area contributed by atoms with Crippen LogP contribution in [-0.4, -0.2) is 66.0 Å². The van der Waals surface area contributed by atoms with Gasteiger partial charge in [-0.15, -0.1) is 0 Å². The van der Waals surface area contributed by atoms with E-state index < -0.39 is 0 Å². The van der Waals surface area contributed by atoms with Gasteiger partial charge < -0.3 is 10.3 Å². The molecule has 2 N–H and O–H groups in total. The van der Waals surface area contributed by atoms with Crippen LogP contribution in [0.15, 0.2) is 16.9 Å². The number of nitrogens with one attached hydrogen (secondary N) is 2. The summed E-state index contributed by atoms with van der Waals surface area (Å²) in [6, 6.07) is 5.58. The summed E-state index contributed by atoms with van der Waals surface area (Å²) in [4.78, 5) is 32.3. The number of nitrogens with zero attached hydrogens (tertiary/aromatic N) is 2. The van der Waals surface area contributed by atoms with Crippen molar-refractivity contribution in [2.45, 2.75) is 89.1 Å². The summed E-state index contributed by atoms with van der Waals surface area (Å²) in [5, 5.41) is 2.74. The number of hydrogen-bond donors (Lipinski definition) is 2. The Hall–Kier alpha value is -1.66. The van der Waals surface area contributed by atoms with E-state index in [0.29, 0.717) is 18.4 Å². The molecule has 2 aliphatic carbocycles. The molecule has 0 spiro atoms. The zero-order valence-electron chi connectivity index (χ0n) is 20.1. The average molecular weight is 443 g/mol. The van der Waals surface area contributed by atoms with E-state index in [-0.39, 0.29) is 11.5 Å². The first kappa shape index (κ1) is 23.5. The third-order valence-electron chi connectivity index (χ3n) is 8.50. The lowest BCUT2D eigenvalue weighted by Crippen LogP contribution is -2.53. The van der Waals surface area contributed by atoms with Gasteiger partial charge in [0.2, 0.25) is 5.91 Å². The van der Waals surface area contributed by atoms with Gasteiger partial charge in [0, 0.05) is 68.9 Å². The predicted octanol–water partition coefficient (Wildman–Crippen LogP) is 3.28. The fourth-order valence-corrected chi connectivity index (χ4v) is 6.33. The van der Waals surface area contributed by atoms with Crippen LogP contribution in [0.4, 0.5) is 0 Å². The van der Waals surface area contributed by atoms with E-state index in [2.05, 4.69) is 26.2 Å². The number of piperazine rings is 1. The first-order valence-corrected chi connectivity index (χ1v) is 13.0. The molecular formula is C26H42N4O2. The second kappa shape index (κ2) is 11.0. The van der Waals surface area contributed by atoms with E-state index in [0.717, 1.165) is 36.1 Å². The van der Waals surface area contributed by atoms with Crippen molar-refractivity contribution in [1.82, 2.24) is 20.1 Å². The maximum atomic E-state index is 12.2. The maximum Gasteiger partial charge on any atom is 0.251 e. The van der Waals surface area contributed by atoms with Gasteiger partial charge in [0.25, 0.3) is 5.56 Å². The Morgan fingerprint density at radius 3 is 2.28 bits per heavy atom. The summed E-state index contributed by atoms with van der Waals surface area (Å²) >= 11 is 0. The number of carbonyl (C=O) groups excluding carboxylic acids is 1. The minimum Gasteiger partial charge on any atom is -0.359 e. The van der Waals surface area contributed by atoms with E-state index >= 15 is 0 Å². The van der Waals surface area contributed by atoms with Crippen molar-refractivity contribution in [2.24, 2.45) is 5.92 Å². The summed E-state index contributed by atoms with van der Waals surface area (Å²) < 4.78 is 0. The molecule has 0 aromatic carbocycles. The molecule has 1 aliphatic heterocycles. The van der Waals surface area contributed by atoms with Crippen molar-refractivity contribution in [1.29, 1.82) is 0 Å². The van der Waals surface area contributed by atoms with Crippen LogP contribution in [0, 0.1) is 5.92 Å². The number of aryl methyl sites for hydroxylation is 1. The molecule has 2 saturated carbocycles. The minimum absolute atomic E-state index is 0.102. The Bertz CT molecular complexity index is 806. The lowest BCUT2D eigenvalue weighted by molar-refractivity contribution is -0.120. The summed E-state index contributed by atoms with van der Waals surface area (Å²) in [5.41, 5.74) is 2.13. The summed E-state index contributed by atoms with van der Waals surface area (Å²) in [6.45, 7) is 6.78. The number of aromatic nitrogens is 1. The van der Waals surface area contributed by atoms with Gasteiger partial charge in [-0.25, -0.2) is 0 Å². The normalized spacial score (nSPS) is 29.8. The summed E-state index contributed by atoms with van der Waals surface area (Å²) in [5.74, 6) is 1.42. The number of rotatable bonds is 7. The van der Waals surface area contributed by atoms with Crippen LogP contribution < -0.4 is 10.9 Å². The van der Waals surface area contributed by atoms with Gasteiger partial charge in [-0.2, -0.15) is 0 Å². The Kier molecular flexibility index (Phi) is 8.06. The lowest BCUT2D eigenvalue weighted by atomic mass is 9.82. The SMILES string of the molecule is CCc1ccc(C2CCC(N3CCN(C4CCC(CCC(=O)NC)CC4)CC3)C2)[nH]c1=O. The quantitative estimate of drug-likeness (QED) is 0.680. The standard InChI is InChI=1S/C26H42N4O2/c1-3-20-8-12-24(28-26(20)32)21-7-11-23(18-21)30-16-14-29(15-17-30)22-9-4-19(5-10-22)6-13-25(31)27-2/h8,12,19,21-23H,3-7,9-11,13-18H2,1-2H3,(H,27,31)(H,28,32). The number of aromatic amines is 1. The van der Waals surface area contributed by atoms with Gasteiger partial charge in [0.05, 0.1) is 0 Å². The highest BCUT2D eigenvalue weighted by Crippen LogP contribution is 2.37. The smallest absolute Gasteiger partial charge is 0.251 e. The van der Waals surface area contributed by atoms with Crippen molar-refractivity contribution >= 4 is 5.91 Å². The monoisotopic (exact) mass is 442 g/mol. The molecule has 0 radical (unpaired) electrons. The number of carbonyl (C=O) groups is 1. The molecule has 1 amide bonds. The van der Waals surface area contributed by atoms with Gasteiger partial charge in [-0.05, 0) is 69.8 Å². The molecule has 4 rings (SSSR count). The molecule has 1 aromatic heterocycles. The topological polar surface area (TPSA) is 68.4 Å². The highest BCUT2D eigenvalue weighted by Gasteiger charge is 2.34. The number of amides is 1. The van der Waals surface area contributed by atoms with Gasteiger partial charge in [-0.1, -0.05) is 13.0 Å². The van der Waals surface area contributed by atoms with Crippen LogP contribution in [-0.2, 0) is 11.2 Å². The molecule has 178 valence electrons. The zero-order chi connectivity index (χ0) is 22.5. The highest BCUT2D eigenvalue weighted by atomic mass is 16.1. The molecule has 1 saturated heterocycles. The van der Waals surface area contributed by atoms with Crippen molar-refractivity contribution < 1.29 is 4.79 Å². The molecule has 3 fully saturated rings. The molecular weight excluding hydrogens is 400 g/mol. The van der Waals surface area contributed by atoms with Crippen LogP contribution in [0.25, 0.3) is 0 Å². The lowest BCUT2D eigenvalue weighted by Gasteiger charge is -2.43. The van der Waals surface area contributed by atoms with Crippen LogP contribution in [0.1, 0.15) is 81.9 Å². The maximum absolute atomic E-state index is 12.2. The molecule has 6 heteroatoms. The fraction of sp³-hybridized carbons (Fsp3) is 0.769. The molecule has 32 heavy (non-hydrogen) atoms. The Balaban J connectivity index is 1.20. The Morgan fingerprint density at radius 2 is 1.66 bits per heavy atom. The van der Waals surface area contributed by atoms with Crippen molar-refractivity contribution in [3.05, 3.63) is 33.7 Å². The number of pyridine rings is 1. The van der Waals surface area contributed by atoms with E-state index in [9.17, 15) is 9.59 Å². The van der Waals surface area contributed by atoms with Crippen LogP contribution >= 0.6 is 0 Å². The molecule has 2 heterocycles. The van der Waals surface area contributed by atoms with Crippen LogP contribution in [0.5, 0.6) is 0 Å². The van der Waals surface area contributed by atoms with E-state index in [1.54, 1.807) is 7.05 Å².